The molecule has 3 aromatic carbocycles. The van der Waals surface area contributed by atoms with Crippen molar-refractivity contribution in [3.8, 4) is 0 Å². The SMILES string of the molecule is Cc1ccccc1NS(=O)(=O)c1ccc(C)c(C(=O)NCCn2c(C)nc3ccccc32)c1. The van der Waals surface area contributed by atoms with Crippen LogP contribution in [0.1, 0.15) is 27.3 Å². The average Bonchev–Trinajstić information content (AvgIpc) is 3.10. The number of anilines is 1. The Morgan fingerprint density at radius 1 is 0.939 bits per heavy atom. The molecular formula is C25H26N4O3S. The first-order chi connectivity index (χ1) is 15.8. The van der Waals surface area contributed by atoms with Gasteiger partial charge in [0.05, 0.1) is 21.6 Å². The third kappa shape index (κ3) is 4.75. The highest BCUT2D eigenvalue weighted by Gasteiger charge is 2.19. The van der Waals surface area contributed by atoms with Gasteiger partial charge in [0.15, 0.2) is 0 Å². The minimum Gasteiger partial charge on any atom is -0.350 e. The number of hydrogen-bond donors (Lipinski definition) is 2. The Balaban J connectivity index is 1.49. The molecular weight excluding hydrogens is 436 g/mol. The van der Waals surface area contributed by atoms with Crippen LogP contribution >= 0.6 is 0 Å². The average molecular weight is 463 g/mol. The zero-order valence-corrected chi connectivity index (χ0v) is 19.6. The van der Waals surface area contributed by atoms with Crippen molar-refractivity contribution >= 4 is 32.7 Å². The summed E-state index contributed by atoms with van der Waals surface area (Å²) in [5.74, 6) is 0.555. The van der Waals surface area contributed by atoms with E-state index in [0.29, 0.717) is 29.9 Å². The number of imidazole rings is 1. The summed E-state index contributed by atoms with van der Waals surface area (Å²) >= 11 is 0. The van der Waals surface area contributed by atoms with Gasteiger partial charge in [-0.15, -0.1) is 0 Å². The highest BCUT2D eigenvalue weighted by molar-refractivity contribution is 7.92. The maximum absolute atomic E-state index is 12.9. The van der Waals surface area contributed by atoms with Crippen LogP contribution < -0.4 is 10.0 Å². The monoisotopic (exact) mass is 462 g/mol. The number of aryl methyl sites for hydroxylation is 3. The fourth-order valence-electron chi connectivity index (χ4n) is 3.76. The quantitative estimate of drug-likeness (QED) is 0.431. The normalized spacial score (nSPS) is 11.5. The molecule has 0 fully saturated rings. The van der Waals surface area contributed by atoms with Crippen molar-refractivity contribution in [2.75, 3.05) is 11.3 Å². The molecule has 1 amide bonds. The molecule has 33 heavy (non-hydrogen) atoms. The third-order valence-corrected chi connectivity index (χ3v) is 6.98. The van der Waals surface area contributed by atoms with E-state index in [1.54, 1.807) is 25.1 Å². The standard InChI is InChI=1S/C25H26N4O3S/c1-17-12-13-20(33(31,32)28-22-9-5-4-8-18(22)2)16-21(17)25(30)26-14-15-29-19(3)27-23-10-6-7-11-24(23)29/h4-13,16,28H,14-15H2,1-3H3,(H,26,30). The van der Waals surface area contributed by atoms with Crippen LogP contribution in [0, 0.1) is 20.8 Å². The number of carbonyl (C=O) groups excluding carboxylic acids is 1. The predicted molar refractivity (Wildman–Crippen MR) is 130 cm³/mol. The number of nitrogens with one attached hydrogen (secondary N) is 2. The van der Waals surface area contributed by atoms with Crippen LogP contribution in [0.3, 0.4) is 0 Å². The van der Waals surface area contributed by atoms with E-state index in [2.05, 4.69) is 19.6 Å². The van der Waals surface area contributed by atoms with Gasteiger partial charge < -0.3 is 9.88 Å². The molecule has 8 heteroatoms. The summed E-state index contributed by atoms with van der Waals surface area (Å²) in [6.07, 6.45) is 0. The summed E-state index contributed by atoms with van der Waals surface area (Å²) in [4.78, 5) is 17.5. The summed E-state index contributed by atoms with van der Waals surface area (Å²) in [6.45, 7) is 6.49. The first-order valence-corrected chi connectivity index (χ1v) is 12.1. The summed E-state index contributed by atoms with van der Waals surface area (Å²) in [6, 6.07) is 19.6. The van der Waals surface area contributed by atoms with Crippen molar-refractivity contribution in [2.24, 2.45) is 0 Å². The second-order valence-electron chi connectivity index (χ2n) is 7.95. The van der Waals surface area contributed by atoms with Gasteiger partial charge in [-0.1, -0.05) is 36.4 Å². The summed E-state index contributed by atoms with van der Waals surface area (Å²) in [5, 5.41) is 2.90. The summed E-state index contributed by atoms with van der Waals surface area (Å²) in [5.41, 5.74) is 4.27. The zero-order valence-electron chi connectivity index (χ0n) is 18.8. The van der Waals surface area contributed by atoms with Crippen molar-refractivity contribution in [2.45, 2.75) is 32.2 Å². The topological polar surface area (TPSA) is 93.1 Å². The zero-order chi connectivity index (χ0) is 23.6. The molecule has 4 aromatic rings. The molecule has 0 saturated heterocycles. The molecule has 0 saturated carbocycles. The number of para-hydroxylation sites is 3. The number of rotatable bonds is 7. The minimum atomic E-state index is -3.84. The van der Waals surface area contributed by atoms with E-state index in [4.69, 9.17) is 0 Å². The number of sulfonamides is 1. The number of nitrogens with zero attached hydrogens (tertiary/aromatic N) is 2. The smallest absolute Gasteiger partial charge is 0.261 e. The third-order valence-electron chi connectivity index (χ3n) is 5.62. The van der Waals surface area contributed by atoms with E-state index >= 15 is 0 Å². The molecule has 7 nitrogen and oxygen atoms in total. The minimum absolute atomic E-state index is 0.0398. The Kier molecular flexibility index (Phi) is 6.20. The van der Waals surface area contributed by atoms with Crippen LogP contribution in [0.25, 0.3) is 11.0 Å². The van der Waals surface area contributed by atoms with Crippen LogP contribution in [0.4, 0.5) is 5.69 Å². The molecule has 4 rings (SSSR count). The fourth-order valence-corrected chi connectivity index (χ4v) is 4.92. The molecule has 0 aliphatic rings. The van der Waals surface area contributed by atoms with Gasteiger partial charge in [-0.2, -0.15) is 0 Å². The van der Waals surface area contributed by atoms with Crippen molar-refractivity contribution < 1.29 is 13.2 Å². The van der Waals surface area contributed by atoms with E-state index in [0.717, 1.165) is 22.4 Å². The van der Waals surface area contributed by atoms with Gasteiger partial charge in [0.2, 0.25) is 0 Å². The number of fused-ring (bicyclic) bond motifs is 1. The molecule has 2 N–H and O–H groups in total. The molecule has 0 bridgehead atoms. The number of aromatic nitrogens is 2. The number of carbonyl (C=O) groups is 1. The Bertz CT molecular complexity index is 1440. The van der Waals surface area contributed by atoms with Gasteiger partial charge >= 0.3 is 0 Å². The Morgan fingerprint density at radius 3 is 2.45 bits per heavy atom. The van der Waals surface area contributed by atoms with Gasteiger partial charge in [-0.3, -0.25) is 9.52 Å². The summed E-state index contributed by atoms with van der Waals surface area (Å²) in [7, 11) is -3.84. The van der Waals surface area contributed by atoms with E-state index in [1.807, 2.05) is 50.2 Å². The van der Waals surface area contributed by atoms with Crippen LogP contribution in [0.5, 0.6) is 0 Å². The van der Waals surface area contributed by atoms with Gasteiger partial charge in [-0.05, 0) is 62.2 Å². The Hall–Kier alpha value is -3.65. The van der Waals surface area contributed by atoms with E-state index in [9.17, 15) is 13.2 Å². The Labute approximate surface area is 193 Å². The first kappa shape index (κ1) is 22.5. The molecule has 1 aromatic heterocycles. The highest BCUT2D eigenvalue weighted by Crippen LogP contribution is 2.21. The van der Waals surface area contributed by atoms with Crippen molar-refractivity contribution in [3.63, 3.8) is 0 Å². The van der Waals surface area contributed by atoms with Crippen molar-refractivity contribution in [1.82, 2.24) is 14.9 Å². The molecule has 0 radical (unpaired) electrons. The fraction of sp³-hybridized carbons (Fsp3) is 0.200. The first-order valence-electron chi connectivity index (χ1n) is 10.7. The maximum Gasteiger partial charge on any atom is 0.261 e. The van der Waals surface area contributed by atoms with E-state index in [-0.39, 0.29) is 10.8 Å². The lowest BCUT2D eigenvalue weighted by Crippen LogP contribution is -2.28. The van der Waals surface area contributed by atoms with Gasteiger partial charge in [-0.25, -0.2) is 13.4 Å². The molecule has 0 aliphatic carbocycles. The predicted octanol–water partition coefficient (Wildman–Crippen LogP) is 4.19. The van der Waals surface area contributed by atoms with Gasteiger partial charge in [0.25, 0.3) is 15.9 Å². The van der Waals surface area contributed by atoms with Gasteiger partial charge in [0.1, 0.15) is 5.82 Å². The number of hydrogen-bond acceptors (Lipinski definition) is 4. The molecule has 0 unspecified atom stereocenters. The molecule has 0 spiro atoms. The van der Waals surface area contributed by atoms with Crippen LogP contribution in [-0.4, -0.2) is 30.4 Å². The van der Waals surface area contributed by atoms with Gasteiger partial charge in [0, 0.05) is 18.7 Å². The van der Waals surface area contributed by atoms with Crippen molar-refractivity contribution in [1.29, 1.82) is 0 Å². The lowest BCUT2D eigenvalue weighted by Gasteiger charge is -2.13. The molecule has 0 aliphatic heterocycles. The highest BCUT2D eigenvalue weighted by atomic mass is 32.2. The van der Waals surface area contributed by atoms with Crippen molar-refractivity contribution in [3.05, 3.63) is 89.2 Å². The van der Waals surface area contributed by atoms with E-state index in [1.165, 1.54) is 12.1 Å². The second-order valence-corrected chi connectivity index (χ2v) is 9.63. The molecule has 1 heterocycles. The lowest BCUT2D eigenvalue weighted by atomic mass is 10.1. The molecule has 170 valence electrons. The number of benzene rings is 3. The maximum atomic E-state index is 12.9. The second kappa shape index (κ2) is 9.07. The number of amides is 1. The van der Waals surface area contributed by atoms with E-state index < -0.39 is 10.0 Å². The Morgan fingerprint density at radius 2 is 1.67 bits per heavy atom. The van der Waals surface area contributed by atoms with Crippen LogP contribution in [0.2, 0.25) is 0 Å². The molecule has 0 atom stereocenters. The lowest BCUT2D eigenvalue weighted by molar-refractivity contribution is 0.0951. The van der Waals surface area contributed by atoms with Crippen LogP contribution in [-0.2, 0) is 16.6 Å². The largest absolute Gasteiger partial charge is 0.350 e. The van der Waals surface area contributed by atoms with Crippen LogP contribution in [0.15, 0.2) is 71.6 Å². The summed E-state index contributed by atoms with van der Waals surface area (Å²) < 4.78 is 30.5.